The third-order valence-corrected chi connectivity index (χ3v) is 2.64. The predicted octanol–water partition coefficient (Wildman–Crippen LogP) is 2.14. The van der Waals surface area contributed by atoms with E-state index in [-0.39, 0.29) is 0 Å². The molecule has 0 aliphatic rings. The van der Waals surface area contributed by atoms with Crippen molar-refractivity contribution >= 4 is 10.8 Å². The lowest BCUT2D eigenvalue weighted by molar-refractivity contribution is 0.688. The van der Waals surface area contributed by atoms with Crippen LogP contribution in [0.3, 0.4) is 0 Å². The molecule has 66 valence electrons. The molecule has 1 rings (SSSR count). The lowest BCUT2D eigenvalue weighted by Gasteiger charge is -1.96. The summed E-state index contributed by atoms with van der Waals surface area (Å²) >= 11 is 0. The molecule has 13 heavy (non-hydrogen) atoms. The second-order valence-corrected chi connectivity index (χ2v) is 3.88. The highest BCUT2D eigenvalue weighted by molar-refractivity contribution is 7.88. The summed E-state index contributed by atoms with van der Waals surface area (Å²) in [5.74, 6) is 0. The van der Waals surface area contributed by atoms with Gasteiger partial charge in [-0.15, -0.1) is 0 Å². The molecule has 0 radical (unpaired) electrons. The molecule has 0 aromatic heterocycles. The van der Waals surface area contributed by atoms with E-state index < -0.39 is 10.8 Å². The van der Waals surface area contributed by atoms with Gasteiger partial charge in [-0.1, -0.05) is 17.7 Å². The normalized spacial score (nSPS) is 12.6. The van der Waals surface area contributed by atoms with E-state index in [9.17, 15) is 4.21 Å². The molecule has 1 atom stereocenters. The highest BCUT2D eigenvalue weighted by Crippen LogP contribution is 2.08. The van der Waals surface area contributed by atoms with Gasteiger partial charge in [0.05, 0.1) is 16.9 Å². The Balaban J connectivity index is 2.85. The monoisotopic (exact) mass is 191 g/mol. The van der Waals surface area contributed by atoms with Crippen molar-refractivity contribution in [2.45, 2.75) is 11.8 Å². The average molecular weight is 191 g/mol. The minimum Gasteiger partial charge on any atom is -0.250 e. The average Bonchev–Trinajstić information content (AvgIpc) is 2.15. The Labute approximate surface area is 80.0 Å². The number of nitriles is 1. The molecule has 1 unspecified atom stereocenters. The fourth-order valence-corrected chi connectivity index (χ4v) is 1.59. The number of nitrogens with zero attached hydrogens (tertiary/aromatic N) is 1. The zero-order chi connectivity index (χ0) is 9.68. The van der Waals surface area contributed by atoms with Gasteiger partial charge in [-0.25, -0.2) is 4.21 Å². The smallest absolute Gasteiger partial charge is 0.0918 e. The second kappa shape index (κ2) is 4.58. The van der Waals surface area contributed by atoms with Gasteiger partial charge in [0, 0.05) is 16.4 Å². The summed E-state index contributed by atoms with van der Waals surface area (Å²) < 4.78 is 11.4. The summed E-state index contributed by atoms with van der Waals surface area (Å²) in [6.07, 6.45) is 1.23. The van der Waals surface area contributed by atoms with Crippen LogP contribution in [0.25, 0.3) is 0 Å². The fraction of sp³-hybridized carbons (Fsp3) is 0.100. The summed E-state index contributed by atoms with van der Waals surface area (Å²) in [6, 6.07) is 9.20. The van der Waals surface area contributed by atoms with Crippen molar-refractivity contribution in [3.05, 3.63) is 41.3 Å². The van der Waals surface area contributed by atoms with Crippen LogP contribution in [0.15, 0.2) is 40.6 Å². The number of benzene rings is 1. The summed E-state index contributed by atoms with van der Waals surface area (Å²) in [5, 5.41) is 9.61. The van der Waals surface area contributed by atoms with Gasteiger partial charge in [-0.3, -0.25) is 0 Å². The summed E-state index contributed by atoms with van der Waals surface area (Å²) in [7, 11) is -1.19. The Hall–Kier alpha value is -1.40. The maximum atomic E-state index is 11.4. The number of allylic oxidation sites excluding steroid dienone is 1. The van der Waals surface area contributed by atoms with E-state index in [2.05, 4.69) is 0 Å². The van der Waals surface area contributed by atoms with E-state index in [1.54, 1.807) is 18.2 Å². The fourth-order valence-electron chi connectivity index (χ4n) is 0.843. The van der Waals surface area contributed by atoms with Gasteiger partial charge in [0.1, 0.15) is 0 Å². The number of aryl methyl sites for hydroxylation is 1. The number of hydrogen-bond acceptors (Lipinski definition) is 2. The van der Waals surface area contributed by atoms with Crippen LogP contribution < -0.4 is 0 Å². The van der Waals surface area contributed by atoms with Crippen LogP contribution >= 0.6 is 0 Å². The van der Waals surface area contributed by atoms with Gasteiger partial charge in [0.25, 0.3) is 0 Å². The van der Waals surface area contributed by atoms with E-state index in [0.29, 0.717) is 0 Å². The molecule has 1 aromatic rings. The highest BCUT2D eigenvalue weighted by Gasteiger charge is 1.97. The Kier molecular flexibility index (Phi) is 3.41. The SMILES string of the molecule is Cc1ccc(S(=O)C=CC#N)cc1. The second-order valence-electron chi connectivity index (χ2n) is 2.54. The largest absolute Gasteiger partial charge is 0.250 e. The lowest BCUT2D eigenvalue weighted by atomic mass is 10.2. The van der Waals surface area contributed by atoms with Crippen LogP contribution in [0.5, 0.6) is 0 Å². The van der Waals surface area contributed by atoms with Gasteiger partial charge >= 0.3 is 0 Å². The van der Waals surface area contributed by atoms with Gasteiger partial charge in [-0.05, 0) is 19.1 Å². The zero-order valence-corrected chi connectivity index (χ0v) is 8.04. The van der Waals surface area contributed by atoms with Crippen LogP contribution in [0.1, 0.15) is 5.56 Å². The van der Waals surface area contributed by atoms with Crippen molar-refractivity contribution in [2.24, 2.45) is 0 Å². The number of rotatable bonds is 2. The van der Waals surface area contributed by atoms with Crippen LogP contribution in [0, 0.1) is 18.3 Å². The summed E-state index contributed by atoms with van der Waals surface area (Å²) in [4.78, 5) is 0.720. The molecule has 0 aliphatic carbocycles. The molecule has 0 saturated carbocycles. The highest BCUT2D eigenvalue weighted by atomic mass is 32.2. The van der Waals surface area contributed by atoms with Crippen LogP contribution in [0.4, 0.5) is 0 Å². The maximum absolute atomic E-state index is 11.4. The lowest BCUT2D eigenvalue weighted by Crippen LogP contribution is -1.85. The maximum Gasteiger partial charge on any atom is 0.0918 e. The molecule has 0 N–H and O–H groups in total. The molecule has 0 spiro atoms. The van der Waals surface area contributed by atoms with Crippen LogP contribution in [-0.4, -0.2) is 4.21 Å². The third kappa shape index (κ3) is 2.85. The van der Waals surface area contributed by atoms with Crippen molar-refractivity contribution in [3.8, 4) is 6.07 Å². The van der Waals surface area contributed by atoms with Gasteiger partial charge < -0.3 is 0 Å². The molecule has 1 aromatic carbocycles. The number of hydrogen-bond donors (Lipinski definition) is 0. The minimum atomic E-state index is -1.19. The van der Waals surface area contributed by atoms with Gasteiger partial charge in [0.2, 0.25) is 0 Å². The first-order valence-electron chi connectivity index (χ1n) is 3.77. The van der Waals surface area contributed by atoms with E-state index in [1.807, 2.05) is 19.1 Å². The van der Waals surface area contributed by atoms with E-state index in [1.165, 1.54) is 11.5 Å². The molecule has 3 heteroatoms. The van der Waals surface area contributed by atoms with Crippen LogP contribution in [0.2, 0.25) is 0 Å². The first-order chi connectivity index (χ1) is 6.24. The molecule has 0 fully saturated rings. The van der Waals surface area contributed by atoms with Crippen molar-refractivity contribution in [2.75, 3.05) is 0 Å². The molecule has 0 amide bonds. The first kappa shape index (κ1) is 9.69. The molecular formula is C10H9NOS. The molecule has 0 saturated heterocycles. The molecule has 0 aliphatic heterocycles. The Morgan fingerprint density at radius 1 is 1.38 bits per heavy atom. The van der Waals surface area contributed by atoms with Crippen LogP contribution in [-0.2, 0) is 10.8 Å². The van der Waals surface area contributed by atoms with E-state index in [4.69, 9.17) is 5.26 Å². The topological polar surface area (TPSA) is 40.9 Å². The summed E-state index contributed by atoms with van der Waals surface area (Å²) in [6.45, 7) is 1.97. The zero-order valence-electron chi connectivity index (χ0n) is 7.23. The van der Waals surface area contributed by atoms with Gasteiger partial charge in [0.15, 0.2) is 0 Å². The molecule has 0 heterocycles. The molecular weight excluding hydrogens is 182 g/mol. The van der Waals surface area contributed by atoms with Crippen molar-refractivity contribution < 1.29 is 4.21 Å². The Morgan fingerprint density at radius 2 is 2.00 bits per heavy atom. The van der Waals surface area contributed by atoms with Crippen molar-refractivity contribution in [1.29, 1.82) is 5.26 Å². The Bertz CT molecular complexity index is 373. The predicted molar refractivity (Wildman–Crippen MR) is 52.3 cm³/mol. The molecule has 2 nitrogen and oxygen atoms in total. The first-order valence-corrected chi connectivity index (χ1v) is 4.99. The third-order valence-electron chi connectivity index (χ3n) is 1.52. The quantitative estimate of drug-likeness (QED) is 0.672. The summed E-state index contributed by atoms with van der Waals surface area (Å²) in [5.41, 5.74) is 1.13. The van der Waals surface area contributed by atoms with E-state index in [0.717, 1.165) is 10.5 Å². The standard InChI is InChI=1S/C10H9NOS/c1-9-3-5-10(6-4-9)13(12)8-2-7-11/h2-6,8H,1H3. The van der Waals surface area contributed by atoms with Crippen molar-refractivity contribution in [3.63, 3.8) is 0 Å². The minimum absolute atomic E-state index is 0.720. The van der Waals surface area contributed by atoms with Gasteiger partial charge in [-0.2, -0.15) is 5.26 Å². The molecule has 0 bridgehead atoms. The van der Waals surface area contributed by atoms with E-state index >= 15 is 0 Å². The Morgan fingerprint density at radius 3 is 2.54 bits per heavy atom. The van der Waals surface area contributed by atoms with Crippen molar-refractivity contribution in [1.82, 2.24) is 0 Å².